The second-order valence-corrected chi connectivity index (χ2v) is 9.87. The van der Waals surface area contributed by atoms with Gasteiger partial charge in [-0.05, 0) is 70.6 Å². The number of aromatic hydroxyl groups is 1. The number of rotatable bonds is 10. The van der Waals surface area contributed by atoms with Gasteiger partial charge in [0.2, 0.25) is 11.8 Å². The van der Waals surface area contributed by atoms with Crippen LogP contribution in [0.1, 0.15) is 24.4 Å². The molecule has 8 nitrogen and oxygen atoms in total. The summed E-state index contributed by atoms with van der Waals surface area (Å²) in [6.07, 6.45) is 0. The van der Waals surface area contributed by atoms with Gasteiger partial charge in [-0.1, -0.05) is 37.3 Å². The van der Waals surface area contributed by atoms with E-state index >= 15 is 0 Å². The van der Waals surface area contributed by atoms with E-state index in [0.29, 0.717) is 28.1 Å². The number of hydrogen-bond acceptors (Lipinski definition) is 5. The number of carbonyl (C=O) groups excluding carboxylic acids is 1. The molecule has 0 bridgehead atoms. The molecule has 4 rings (SSSR count). The quantitative estimate of drug-likeness (QED) is 0.163. The third-order valence-electron chi connectivity index (χ3n) is 6.14. The topological polar surface area (TPSA) is 106 Å². The number of nitrogens with zero attached hydrogens (tertiary/aromatic N) is 1. The van der Waals surface area contributed by atoms with Crippen molar-refractivity contribution in [1.82, 2.24) is 9.55 Å². The Balaban J connectivity index is 1.72. The Morgan fingerprint density at radius 3 is 2.47 bits per heavy atom. The molecule has 1 heterocycles. The van der Waals surface area contributed by atoms with Crippen molar-refractivity contribution in [1.29, 1.82) is 0 Å². The summed E-state index contributed by atoms with van der Waals surface area (Å²) in [4.78, 5) is 29.4. The summed E-state index contributed by atoms with van der Waals surface area (Å²) in [5.41, 5.74) is 0.740. The van der Waals surface area contributed by atoms with Crippen LogP contribution >= 0.6 is 22.6 Å². The molecular weight excluding hydrogens is 604 g/mol. The maximum absolute atomic E-state index is 14.6. The van der Waals surface area contributed by atoms with Crippen LogP contribution < -0.4 is 15.7 Å². The van der Waals surface area contributed by atoms with Crippen LogP contribution in [-0.4, -0.2) is 40.9 Å². The Kier molecular flexibility index (Phi) is 8.85. The second kappa shape index (κ2) is 12.3. The standard InChI is InChI=1S/C28H27FIN3O5/c1-17(18-6-4-3-5-7-18)25(26(34)31-23-13-10-20(30)16-22(23)29)33-27(35)24(32-28(33)36)19-8-11-21(12-9-19)38-15-14-37-2/h3-13,16-17,25,35H,14-15H2,1-2H3,(H,31,34)(H,32,36)/t17-,25-/m0/s1. The second-order valence-electron chi connectivity index (χ2n) is 8.62. The molecule has 0 fully saturated rings. The molecule has 0 aliphatic heterocycles. The minimum absolute atomic E-state index is 0.0203. The van der Waals surface area contributed by atoms with Crippen LogP contribution in [0, 0.1) is 9.39 Å². The van der Waals surface area contributed by atoms with Crippen molar-refractivity contribution in [2.45, 2.75) is 18.9 Å². The predicted octanol–water partition coefficient (Wildman–Crippen LogP) is 5.30. The van der Waals surface area contributed by atoms with Crippen LogP contribution in [0.15, 0.2) is 77.6 Å². The van der Waals surface area contributed by atoms with Crippen molar-refractivity contribution in [3.05, 3.63) is 98.2 Å². The first-order valence-corrected chi connectivity index (χ1v) is 12.9. The molecule has 3 aromatic carbocycles. The number of nitrogens with one attached hydrogen (secondary N) is 2. The smallest absolute Gasteiger partial charge is 0.329 e. The van der Waals surface area contributed by atoms with Gasteiger partial charge in [0.15, 0.2) is 0 Å². The van der Waals surface area contributed by atoms with Crippen molar-refractivity contribution in [3.8, 4) is 22.9 Å². The molecular formula is C28H27FIN3O5. The zero-order chi connectivity index (χ0) is 27.2. The largest absolute Gasteiger partial charge is 0.493 e. The highest BCUT2D eigenvalue weighted by molar-refractivity contribution is 14.1. The van der Waals surface area contributed by atoms with Crippen molar-refractivity contribution in [3.63, 3.8) is 0 Å². The average molecular weight is 631 g/mol. The summed E-state index contributed by atoms with van der Waals surface area (Å²) in [5, 5.41) is 13.8. The van der Waals surface area contributed by atoms with E-state index < -0.39 is 35.3 Å². The first-order valence-electron chi connectivity index (χ1n) is 11.9. The van der Waals surface area contributed by atoms with Gasteiger partial charge >= 0.3 is 5.69 Å². The molecule has 1 aromatic heterocycles. The van der Waals surface area contributed by atoms with E-state index in [1.165, 1.54) is 12.1 Å². The Labute approximate surface area is 232 Å². The fraction of sp³-hybridized carbons (Fsp3) is 0.214. The molecule has 198 valence electrons. The number of halogens is 2. The Bertz CT molecular complexity index is 1450. The van der Waals surface area contributed by atoms with Gasteiger partial charge in [0.1, 0.15) is 29.9 Å². The van der Waals surface area contributed by atoms with E-state index in [-0.39, 0.29) is 11.4 Å². The first-order chi connectivity index (χ1) is 18.3. The summed E-state index contributed by atoms with van der Waals surface area (Å²) >= 11 is 1.98. The number of anilines is 1. The lowest BCUT2D eigenvalue weighted by Crippen LogP contribution is -2.35. The van der Waals surface area contributed by atoms with Crippen molar-refractivity contribution < 1.29 is 23.8 Å². The summed E-state index contributed by atoms with van der Waals surface area (Å²) in [6.45, 7) is 2.59. The number of H-pyrrole nitrogens is 1. The zero-order valence-corrected chi connectivity index (χ0v) is 22.9. The van der Waals surface area contributed by atoms with E-state index in [9.17, 15) is 19.1 Å². The fourth-order valence-corrected chi connectivity index (χ4v) is 4.62. The molecule has 0 saturated heterocycles. The Morgan fingerprint density at radius 2 is 1.82 bits per heavy atom. The van der Waals surface area contributed by atoms with E-state index in [1.54, 1.807) is 44.4 Å². The number of methoxy groups -OCH3 is 1. The van der Waals surface area contributed by atoms with Gasteiger partial charge in [-0.15, -0.1) is 0 Å². The summed E-state index contributed by atoms with van der Waals surface area (Å²) < 4.78 is 26.8. The van der Waals surface area contributed by atoms with Crippen LogP contribution in [0.25, 0.3) is 11.3 Å². The molecule has 10 heteroatoms. The predicted molar refractivity (Wildman–Crippen MR) is 151 cm³/mol. The minimum atomic E-state index is -1.19. The van der Waals surface area contributed by atoms with E-state index in [0.717, 1.165) is 10.1 Å². The van der Waals surface area contributed by atoms with Gasteiger partial charge in [-0.3, -0.25) is 4.79 Å². The van der Waals surface area contributed by atoms with Crippen LogP contribution in [0.3, 0.4) is 0 Å². The fourth-order valence-electron chi connectivity index (χ4n) is 4.16. The number of imidazole rings is 1. The van der Waals surface area contributed by atoms with Crippen molar-refractivity contribution in [2.24, 2.45) is 0 Å². The third kappa shape index (κ3) is 6.08. The monoisotopic (exact) mass is 631 g/mol. The van der Waals surface area contributed by atoms with Gasteiger partial charge in [0.25, 0.3) is 0 Å². The highest BCUT2D eigenvalue weighted by atomic mass is 127. The molecule has 0 unspecified atom stereocenters. The van der Waals surface area contributed by atoms with E-state index in [4.69, 9.17) is 9.47 Å². The highest BCUT2D eigenvalue weighted by Gasteiger charge is 2.33. The lowest BCUT2D eigenvalue weighted by molar-refractivity contribution is -0.120. The van der Waals surface area contributed by atoms with Gasteiger partial charge in [-0.2, -0.15) is 0 Å². The lowest BCUT2D eigenvalue weighted by Gasteiger charge is -2.25. The average Bonchev–Trinajstić information content (AvgIpc) is 3.20. The SMILES string of the molecule is COCCOc1ccc(-c2[nH]c(=O)n([C@H](C(=O)Nc3ccc(I)cc3F)[C@@H](C)c3ccccc3)c2O)cc1. The number of carbonyl (C=O) groups is 1. The van der Waals surface area contributed by atoms with Crippen LogP contribution in [-0.2, 0) is 9.53 Å². The molecule has 0 aliphatic rings. The number of aromatic nitrogens is 2. The van der Waals surface area contributed by atoms with Gasteiger partial charge in [-0.25, -0.2) is 13.8 Å². The van der Waals surface area contributed by atoms with Gasteiger partial charge in [0.05, 0.1) is 12.3 Å². The molecule has 38 heavy (non-hydrogen) atoms. The molecule has 3 N–H and O–H groups in total. The van der Waals surface area contributed by atoms with Gasteiger partial charge in [0, 0.05) is 22.2 Å². The molecule has 2 atom stereocenters. The maximum atomic E-state index is 14.6. The third-order valence-corrected chi connectivity index (χ3v) is 6.81. The summed E-state index contributed by atoms with van der Waals surface area (Å²) in [7, 11) is 1.58. The van der Waals surface area contributed by atoms with Crippen LogP contribution in [0.5, 0.6) is 11.6 Å². The van der Waals surface area contributed by atoms with Crippen molar-refractivity contribution >= 4 is 34.2 Å². The number of aromatic amines is 1. The molecule has 0 aliphatic carbocycles. The number of ether oxygens (including phenoxy) is 2. The van der Waals surface area contributed by atoms with Gasteiger partial charge < -0.3 is 24.9 Å². The number of hydrogen-bond donors (Lipinski definition) is 3. The Morgan fingerprint density at radius 1 is 1.11 bits per heavy atom. The molecule has 4 aromatic rings. The lowest BCUT2D eigenvalue weighted by atomic mass is 9.92. The number of benzene rings is 3. The normalized spacial score (nSPS) is 12.6. The van der Waals surface area contributed by atoms with Crippen LogP contribution in [0.2, 0.25) is 0 Å². The zero-order valence-electron chi connectivity index (χ0n) is 20.8. The van der Waals surface area contributed by atoms with Crippen LogP contribution in [0.4, 0.5) is 10.1 Å². The van der Waals surface area contributed by atoms with E-state index in [1.807, 2.05) is 52.9 Å². The van der Waals surface area contributed by atoms with E-state index in [2.05, 4.69) is 10.3 Å². The summed E-state index contributed by atoms with van der Waals surface area (Å²) in [6, 6.07) is 19.2. The molecule has 0 radical (unpaired) electrons. The first kappa shape index (κ1) is 27.4. The molecule has 0 spiro atoms. The molecule has 0 saturated carbocycles. The highest BCUT2D eigenvalue weighted by Crippen LogP contribution is 2.35. The minimum Gasteiger partial charge on any atom is -0.493 e. The summed E-state index contributed by atoms with van der Waals surface area (Å²) in [5.74, 6) is -1.61. The maximum Gasteiger partial charge on any atom is 0.329 e. The van der Waals surface area contributed by atoms with Crippen molar-refractivity contribution in [2.75, 3.05) is 25.6 Å². The number of amides is 1. The molecule has 1 amide bonds. The Hall–Kier alpha value is -3.64.